The fourth-order valence-electron chi connectivity index (χ4n) is 2.82. The molecule has 23 heavy (non-hydrogen) atoms. The molecule has 118 valence electrons. The van der Waals surface area contributed by atoms with Gasteiger partial charge in [0.25, 0.3) is 0 Å². The van der Waals surface area contributed by atoms with Crippen LogP contribution < -0.4 is 5.32 Å². The van der Waals surface area contributed by atoms with E-state index in [2.05, 4.69) is 5.32 Å². The maximum atomic E-state index is 12.5. The highest BCUT2D eigenvalue weighted by Crippen LogP contribution is 2.36. The quantitative estimate of drug-likeness (QED) is 0.826. The number of hydrogen-bond donors (Lipinski definition) is 1. The van der Waals surface area contributed by atoms with Gasteiger partial charge in [-0.3, -0.25) is 9.59 Å². The van der Waals surface area contributed by atoms with Crippen molar-refractivity contribution in [1.82, 2.24) is 5.32 Å². The summed E-state index contributed by atoms with van der Waals surface area (Å²) in [6.07, 6.45) is 0. The van der Waals surface area contributed by atoms with Gasteiger partial charge in [0.15, 0.2) is 5.78 Å². The maximum Gasteiger partial charge on any atom is 0.236 e. The molecule has 1 amide bonds. The van der Waals surface area contributed by atoms with Crippen molar-refractivity contribution in [1.29, 1.82) is 0 Å². The van der Waals surface area contributed by atoms with Crippen LogP contribution in [0, 0.1) is 0 Å². The number of benzene rings is 2. The van der Waals surface area contributed by atoms with E-state index in [0.717, 1.165) is 11.1 Å². The average Bonchev–Trinajstić information content (AvgIpc) is 2.68. The highest BCUT2D eigenvalue weighted by molar-refractivity contribution is 6.33. The fourth-order valence-corrected chi connectivity index (χ4v) is 3.23. The lowest BCUT2D eigenvalue weighted by molar-refractivity contribution is -0.125. The summed E-state index contributed by atoms with van der Waals surface area (Å²) in [6, 6.07) is 12.7. The van der Waals surface area contributed by atoms with Crippen molar-refractivity contribution in [2.45, 2.75) is 25.3 Å². The highest BCUT2D eigenvalue weighted by atomic mass is 35.5. The summed E-state index contributed by atoms with van der Waals surface area (Å²) in [6.45, 7) is 3.39. The molecular weight excluding hydrogens is 333 g/mol. The Labute approximate surface area is 144 Å². The van der Waals surface area contributed by atoms with Gasteiger partial charge >= 0.3 is 0 Å². The minimum Gasteiger partial charge on any atom is -0.343 e. The average molecular weight is 348 g/mol. The molecule has 0 spiro atoms. The van der Waals surface area contributed by atoms with Gasteiger partial charge in [-0.05, 0) is 54.8 Å². The number of rotatable bonds is 2. The molecule has 5 heteroatoms. The standard InChI is InChI=1S/C18H15Cl2NO2/c1-18(2)16(22)15(17(23)21-18)13-9-11(6-7-14(13)20)10-4-3-5-12(19)8-10/h3-9,15H,1-2H3,(H,21,23). The molecule has 3 rings (SSSR count). The number of hydrogen-bond acceptors (Lipinski definition) is 2. The monoisotopic (exact) mass is 347 g/mol. The number of carbonyl (C=O) groups is 2. The number of amides is 1. The first kappa shape index (κ1) is 16.0. The first-order valence-electron chi connectivity index (χ1n) is 7.21. The van der Waals surface area contributed by atoms with Crippen LogP contribution in [-0.4, -0.2) is 17.2 Å². The number of carbonyl (C=O) groups excluding carboxylic acids is 2. The molecule has 0 bridgehead atoms. The summed E-state index contributed by atoms with van der Waals surface area (Å²) in [5.74, 6) is -1.37. The van der Waals surface area contributed by atoms with Crippen molar-refractivity contribution in [3.05, 3.63) is 58.1 Å². The Morgan fingerprint density at radius 2 is 1.70 bits per heavy atom. The highest BCUT2D eigenvalue weighted by Gasteiger charge is 2.47. The van der Waals surface area contributed by atoms with Gasteiger partial charge in [-0.1, -0.05) is 41.4 Å². The Bertz CT molecular complexity index is 814. The third-order valence-electron chi connectivity index (χ3n) is 4.04. The summed E-state index contributed by atoms with van der Waals surface area (Å²) >= 11 is 12.3. The topological polar surface area (TPSA) is 46.2 Å². The first-order valence-corrected chi connectivity index (χ1v) is 7.97. The van der Waals surface area contributed by atoms with Gasteiger partial charge in [0.2, 0.25) is 5.91 Å². The number of Topliss-reactive ketones (excluding diaryl/α,β-unsaturated/α-hetero) is 1. The van der Waals surface area contributed by atoms with Crippen LogP contribution in [0.1, 0.15) is 25.3 Å². The Hall–Kier alpha value is -1.84. The Balaban J connectivity index is 2.09. The van der Waals surface area contributed by atoms with Crippen LogP contribution >= 0.6 is 23.2 Å². The van der Waals surface area contributed by atoms with Crippen molar-refractivity contribution >= 4 is 34.9 Å². The van der Waals surface area contributed by atoms with E-state index in [9.17, 15) is 9.59 Å². The van der Waals surface area contributed by atoms with E-state index in [-0.39, 0.29) is 11.7 Å². The van der Waals surface area contributed by atoms with Crippen LogP contribution in [0.3, 0.4) is 0 Å². The van der Waals surface area contributed by atoms with E-state index in [0.29, 0.717) is 15.6 Å². The van der Waals surface area contributed by atoms with E-state index in [1.54, 1.807) is 32.0 Å². The van der Waals surface area contributed by atoms with Crippen molar-refractivity contribution in [2.24, 2.45) is 0 Å². The second kappa shape index (κ2) is 5.66. The molecule has 3 nitrogen and oxygen atoms in total. The molecule has 1 fully saturated rings. The maximum absolute atomic E-state index is 12.5. The Kier molecular flexibility index (Phi) is 3.95. The molecule has 0 aliphatic carbocycles. The zero-order valence-electron chi connectivity index (χ0n) is 12.7. The third kappa shape index (κ3) is 2.87. The second-order valence-electron chi connectivity index (χ2n) is 6.16. The number of nitrogens with one attached hydrogen (secondary N) is 1. The van der Waals surface area contributed by atoms with E-state index < -0.39 is 11.5 Å². The molecule has 1 N–H and O–H groups in total. The molecule has 1 aliphatic heterocycles. The van der Waals surface area contributed by atoms with Gasteiger partial charge < -0.3 is 5.32 Å². The van der Waals surface area contributed by atoms with Crippen LogP contribution in [-0.2, 0) is 9.59 Å². The molecule has 1 aliphatic rings. The fraction of sp³-hybridized carbons (Fsp3) is 0.222. The summed E-state index contributed by atoms with van der Waals surface area (Å²) in [4.78, 5) is 24.8. The van der Waals surface area contributed by atoms with Gasteiger partial charge in [-0.2, -0.15) is 0 Å². The lowest BCUT2D eigenvalue weighted by Crippen LogP contribution is -2.39. The van der Waals surface area contributed by atoms with Crippen LogP contribution in [0.2, 0.25) is 10.0 Å². The Morgan fingerprint density at radius 3 is 2.30 bits per heavy atom. The van der Waals surface area contributed by atoms with Crippen molar-refractivity contribution in [2.75, 3.05) is 0 Å². The normalized spacial score (nSPS) is 19.7. The molecule has 0 aromatic heterocycles. The molecule has 1 heterocycles. The van der Waals surface area contributed by atoms with Crippen molar-refractivity contribution in [3.63, 3.8) is 0 Å². The molecule has 0 saturated carbocycles. The van der Waals surface area contributed by atoms with Crippen LogP contribution in [0.5, 0.6) is 0 Å². The van der Waals surface area contributed by atoms with Gasteiger partial charge in [0.05, 0.1) is 5.54 Å². The van der Waals surface area contributed by atoms with Crippen LogP contribution in [0.15, 0.2) is 42.5 Å². The van der Waals surface area contributed by atoms with Gasteiger partial charge in [0, 0.05) is 10.0 Å². The number of halogens is 2. The molecule has 1 unspecified atom stereocenters. The van der Waals surface area contributed by atoms with Gasteiger partial charge in [-0.25, -0.2) is 0 Å². The summed E-state index contributed by atoms with van der Waals surface area (Å²) < 4.78 is 0. The predicted octanol–water partition coefficient (Wildman–Crippen LogP) is 4.22. The zero-order chi connectivity index (χ0) is 16.8. The summed E-state index contributed by atoms with van der Waals surface area (Å²) in [7, 11) is 0. The third-order valence-corrected chi connectivity index (χ3v) is 4.62. The molecule has 2 aromatic carbocycles. The summed E-state index contributed by atoms with van der Waals surface area (Å²) in [5.41, 5.74) is 1.41. The minimum atomic E-state index is -0.878. The SMILES string of the molecule is CC1(C)NC(=O)C(c2cc(-c3cccc(Cl)c3)ccc2Cl)C1=O. The zero-order valence-corrected chi connectivity index (χ0v) is 14.2. The molecule has 0 radical (unpaired) electrons. The van der Waals surface area contributed by atoms with E-state index >= 15 is 0 Å². The lowest BCUT2D eigenvalue weighted by atomic mass is 9.88. The van der Waals surface area contributed by atoms with E-state index in [1.165, 1.54) is 0 Å². The second-order valence-corrected chi connectivity index (χ2v) is 7.00. The number of ketones is 1. The first-order chi connectivity index (χ1) is 10.8. The molecule has 2 aromatic rings. The van der Waals surface area contributed by atoms with Crippen molar-refractivity contribution in [3.8, 4) is 11.1 Å². The van der Waals surface area contributed by atoms with Crippen LogP contribution in [0.4, 0.5) is 0 Å². The van der Waals surface area contributed by atoms with Gasteiger partial charge in [-0.15, -0.1) is 0 Å². The lowest BCUT2D eigenvalue weighted by Gasteiger charge is -2.15. The van der Waals surface area contributed by atoms with Gasteiger partial charge in [0.1, 0.15) is 5.92 Å². The van der Waals surface area contributed by atoms with E-state index in [4.69, 9.17) is 23.2 Å². The molecule has 1 saturated heterocycles. The largest absolute Gasteiger partial charge is 0.343 e. The van der Waals surface area contributed by atoms with E-state index in [1.807, 2.05) is 24.3 Å². The molecular formula is C18H15Cl2NO2. The van der Waals surface area contributed by atoms with Crippen molar-refractivity contribution < 1.29 is 9.59 Å². The minimum absolute atomic E-state index is 0.173. The van der Waals surface area contributed by atoms with Crippen LogP contribution in [0.25, 0.3) is 11.1 Å². The smallest absolute Gasteiger partial charge is 0.236 e. The Morgan fingerprint density at radius 1 is 1.00 bits per heavy atom. The summed E-state index contributed by atoms with van der Waals surface area (Å²) in [5, 5.41) is 3.74. The predicted molar refractivity (Wildman–Crippen MR) is 91.9 cm³/mol. The molecule has 1 atom stereocenters.